The fourth-order valence-corrected chi connectivity index (χ4v) is 1.06. The van der Waals surface area contributed by atoms with Crippen molar-refractivity contribution in [2.24, 2.45) is 0 Å². The van der Waals surface area contributed by atoms with Crippen LogP contribution in [0.25, 0.3) is 6.08 Å². The highest BCUT2D eigenvalue weighted by molar-refractivity contribution is 5.55. The summed E-state index contributed by atoms with van der Waals surface area (Å²) in [5, 5.41) is 0. The lowest BCUT2D eigenvalue weighted by atomic mass is 10.2. The number of hydrogen-bond acceptors (Lipinski definition) is 3. The molecule has 2 rings (SSSR count). The molecule has 1 unspecified atom stereocenters. The van der Waals surface area contributed by atoms with Crippen molar-refractivity contribution in [2.45, 2.75) is 6.10 Å². The van der Waals surface area contributed by atoms with Gasteiger partial charge in [-0.05, 0) is 6.07 Å². The van der Waals surface area contributed by atoms with E-state index in [9.17, 15) is 0 Å². The molecule has 0 spiro atoms. The van der Waals surface area contributed by atoms with E-state index in [1.54, 1.807) is 6.08 Å². The normalized spacial score (nSPS) is 19.0. The largest absolute Gasteiger partial charge is 0.370 e. The molecule has 1 aliphatic rings. The molecule has 0 aliphatic carbocycles. The predicted octanol–water partition coefficient (Wildman–Crippen LogP) is 2.04. The first kappa shape index (κ1) is 9.24. The number of hydrogen-bond donors (Lipinski definition) is 0. The van der Waals surface area contributed by atoms with E-state index in [2.05, 4.69) is 6.58 Å². The van der Waals surface area contributed by atoms with Gasteiger partial charge >= 0.3 is 0 Å². The number of benzene rings is 1. The first-order valence-corrected chi connectivity index (χ1v) is 4.52. The smallest absolute Gasteiger partial charge is 0.172 e. The van der Waals surface area contributed by atoms with Gasteiger partial charge in [0, 0.05) is 5.56 Å². The SMILES string of the molecule is C=Cc1ccccc1OOCC1CO1. The first-order valence-electron chi connectivity index (χ1n) is 4.52. The van der Waals surface area contributed by atoms with Crippen LogP contribution in [0.5, 0.6) is 5.75 Å². The summed E-state index contributed by atoms with van der Waals surface area (Å²) in [4.78, 5) is 10.1. The second-order valence-electron chi connectivity index (χ2n) is 3.07. The summed E-state index contributed by atoms with van der Waals surface area (Å²) in [7, 11) is 0. The van der Waals surface area contributed by atoms with Crippen molar-refractivity contribution in [2.75, 3.05) is 13.2 Å². The Bertz CT molecular complexity index is 318. The Morgan fingerprint density at radius 1 is 1.50 bits per heavy atom. The fourth-order valence-electron chi connectivity index (χ4n) is 1.06. The Kier molecular flexibility index (Phi) is 2.81. The lowest BCUT2D eigenvalue weighted by molar-refractivity contribution is -0.209. The Morgan fingerprint density at radius 2 is 2.29 bits per heavy atom. The molecule has 1 aliphatic heterocycles. The van der Waals surface area contributed by atoms with Crippen molar-refractivity contribution in [3.8, 4) is 5.75 Å². The molecular formula is C11H12O3. The highest BCUT2D eigenvalue weighted by Gasteiger charge is 2.23. The van der Waals surface area contributed by atoms with E-state index in [-0.39, 0.29) is 6.10 Å². The van der Waals surface area contributed by atoms with Crippen LogP contribution in [0.1, 0.15) is 5.56 Å². The van der Waals surface area contributed by atoms with Gasteiger partial charge in [0.2, 0.25) is 0 Å². The van der Waals surface area contributed by atoms with Gasteiger partial charge in [0.1, 0.15) is 12.7 Å². The summed E-state index contributed by atoms with van der Waals surface area (Å²) in [6.45, 7) is 4.93. The molecule has 1 aromatic rings. The van der Waals surface area contributed by atoms with E-state index < -0.39 is 0 Å². The monoisotopic (exact) mass is 192 g/mol. The number of para-hydroxylation sites is 1. The van der Waals surface area contributed by atoms with Crippen LogP contribution in [-0.2, 0) is 9.62 Å². The molecule has 1 atom stereocenters. The molecule has 14 heavy (non-hydrogen) atoms. The van der Waals surface area contributed by atoms with Crippen LogP contribution < -0.4 is 4.89 Å². The molecule has 0 N–H and O–H groups in total. The van der Waals surface area contributed by atoms with Gasteiger partial charge in [0.05, 0.1) is 6.61 Å². The molecule has 1 fully saturated rings. The maximum Gasteiger partial charge on any atom is 0.172 e. The Balaban J connectivity index is 1.89. The second-order valence-corrected chi connectivity index (χ2v) is 3.07. The molecule has 0 amide bonds. The van der Waals surface area contributed by atoms with Crippen LogP contribution in [0, 0.1) is 0 Å². The summed E-state index contributed by atoms with van der Waals surface area (Å²) in [5.74, 6) is 0.683. The van der Waals surface area contributed by atoms with E-state index >= 15 is 0 Å². The van der Waals surface area contributed by atoms with Crippen LogP contribution in [0.3, 0.4) is 0 Å². The third-order valence-corrected chi connectivity index (χ3v) is 1.94. The Morgan fingerprint density at radius 3 is 3.00 bits per heavy atom. The average molecular weight is 192 g/mol. The quantitative estimate of drug-likeness (QED) is 0.406. The van der Waals surface area contributed by atoms with Gasteiger partial charge in [-0.3, -0.25) is 0 Å². The van der Waals surface area contributed by atoms with Crippen molar-refractivity contribution < 1.29 is 14.5 Å². The van der Waals surface area contributed by atoms with Gasteiger partial charge in [-0.2, -0.15) is 4.89 Å². The summed E-state index contributed by atoms with van der Waals surface area (Å²) in [5.41, 5.74) is 0.921. The van der Waals surface area contributed by atoms with Gasteiger partial charge in [-0.25, -0.2) is 0 Å². The van der Waals surface area contributed by atoms with Gasteiger partial charge in [-0.1, -0.05) is 30.9 Å². The maximum atomic E-state index is 5.13. The van der Waals surface area contributed by atoms with E-state index in [1.165, 1.54) is 0 Å². The molecule has 0 bridgehead atoms. The van der Waals surface area contributed by atoms with Crippen LogP contribution >= 0.6 is 0 Å². The van der Waals surface area contributed by atoms with Crippen LogP contribution in [0.2, 0.25) is 0 Å². The maximum absolute atomic E-state index is 5.13. The molecule has 0 radical (unpaired) electrons. The lowest BCUT2D eigenvalue weighted by Gasteiger charge is -2.05. The zero-order valence-electron chi connectivity index (χ0n) is 7.81. The molecular weight excluding hydrogens is 180 g/mol. The summed E-state index contributed by atoms with van der Waals surface area (Å²) in [6, 6.07) is 7.57. The van der Waals surface area contributed by atoms with Crippen LogP contribution in [0.4, 0.5) is 0 Å². The van der Waals surface area contributed by atoms with E-state index in [4.69, 9.17) is 14.5 Å². The zero-order valence-corrected chi connectivity index (χ0v) is 7.81. The third-order valence-electron chi connectivity index (χ3n) is 1.94. The highest BCUT2D eigenvalue weighted by atomic mass is 17.2. The predicted molar refractivity (Wildman–Crippen MR) is 52.9 cm³/mol. The molecule has 1 heterocycles. The van der Waals surface area contributed by atoms with Crippen molar-refractivity contribution in [1.29, 1.82) is 0 Å². The molecule has 74 valence electrons. The van der Waals surface area contributed by atoms with E-state index in [0.29, 0.717) is 12.4 Å². The number of epoxide rings is 1. The van der Waals surface area contributed by atoms with Gasteiger partial charge in [0.15, 0.2) is 5.75 Å². The molecule has 3 heteroatoms. The first-order chi connectivity index (χ1) is 6.90. The van der Waals surface area contributed by atoms with Crippen molar-refractivity contribution >= 4 is 6.08 Å². The molecule has 0 saturated carbocycles. The standard InChI is InChI=1S/C11H12O3/c1-2-9-5-3-4-6-11(9)14-13-8-10-7-12-10/h2-6,10H,1,7-8H2. The minimum atomic E-state index is 0.214. The van der Waals surface area contributed by atoms with Crippen molar-refractivity contribution in [3.63, 3.8) is 0 Å². The summed E-state index contributed by atoms with van der Waals surface area (Å²) >= 11 is 0. The van der Waals surface area contributed by atoms with E-state index in [1.807, 2.05) is 24.3 Å². The Hall–Kier alpha value is -1.32. The zero-order chi connectivity index (χ0) is 9.80. The fraction of sp³-hybridized carbons (Fsp3) is 0.273. The number of rotatable bonds is 5. The Labute approximate surface area is 82.8 Å². The summed E-state index contributed by atoms with van der Waals surface area (Å²) in [6.07, 6.45) is 1.94. The van der Waals surface area contributed by atoms with Gasteiger partial charge in [-0.15, -0.1) is 0 Å². The molecule has 0 aromatic heterocycles. The lowest BCUT2D eigenvalue weighted by Crippen LogP contribution is -2.05. The van der Waals surface area contributed by atoms with Gasteiger partial charge in [0.25, 0.3) is 0 Å². The number of ether oxygens (including phenoxy) is 1. The van der Waals surface area contributed by atoms with Crippen LogP contribution in [0.15, 0.2) is 30.8 Å². The second kappa shape index (κ2) is 4.26. The molecule has 3 nitrogen and oxygen atoms in total. The minimum absolute atomic E-state index is 0.214. The topological polar surface area (TPSA) is 31.0 Å². The minimum Gasteiger partial charge on any atom is -0.370 e. The van der Waals surface area contributed by atoms with Crippen LogP contribution in [-0.4, -0.2) is 19.3 Å². The third kappa shape index (κ3) is 2.34. The van der Waals surface area contributed by atoms with Crippen molar-refractivity contribution in [1.82, 2.24) is 0 Å². The van der Waals surface area contributed by atoms with Crippen molar-refractivity contribution in [3.05, 3.63) is 36.4 Å². The molecule has 1 aromatic carbocycles. The highest BCUT2D eigenvalue weighted by Crippen LogP contribution is 2.19. The average Bonchev–Trinajstić information content (AvgIpc) is 3.03. The summed E-state index contributed by atoms with van der Waals surface area (Å²) < 4.78 is 4.98. The van der Waals surface area contributed by atoms with E-state index in [0.717, 1.165) is 12.2 Å². The van der Waals surface area contributed by atoms with Gasteiger partial charge < -0.3 is 9.62 Å². The molecule has 1 saturated heterocycles.